The molecule has 1 aliphatic rings. The maximum atomic E-state index is 4.97. The summed E-state index contributed by atoms with van der Waals surface area (Å²) in [5.41, 5.74) is 1.25. The molecule has 0 aliphatic carbocycles. The molecule has 2 heterocycles. The number of hydrogen-bond donors (Lipinski definition) is 1. The second-order valence-electron chi connectivity index (χ2n) is 8.36. The van der Waals surface area contributed by atoms with Crippen LogP contribution >= 0.6 is 35.7 Å². The summed E-state index contributed by atoms with van der Waals surface area (Å²) in [4.78, 5) is 8.71. The van der Waals surface area contributed by atoms with Gasteiger partial charge in [0.2, 0.25) is 0 Å². The van der Waals surface area contributed by atoms with Gasteiger partial charge in [0, 0.05) is 30.8 Å². The first-order chi connectivity index (χ1) is 15.6. The van der Waals surface area contributed by atoms with Crippen LogP contribution in [-0.2, 0) is 13.6 Å². The van der Waals surface area contributed by atoms with Crippen LogP contribution < -0.4 is 5.32 Å². The molecule has 0 bridgehead atoms. The summed E-state index contributed by atoms with van der Waals surface area (Å²) < 4.78 is 2.00. The molecule has 0 amide bonds. The van der Waals surface area contributed by atoms with Crippen LogP contribution in [0.5, 0.6) is 0 Å². The highest BCUT2D eigenvalue weighted by molar-refractivity contribution is 14.0. The van der Waals surface area contributed by atoms with Crippen molar-refractivity contribution in [1.82, 2.24) is 25.0 Å². The summed E-state index contributed by atoms with van der Waals surface area (Å²) in [6.07, 6.45) is 1.18. The van der Waals surface area contributed by atoms with Gasteiger partial charge < -0.3 is 14.8 Å². The summed E-state index contributed by atoms with van der Waals surface area (Å²) in [5, 5.41) is 12.1. The maximum absolute atomic E-state index is 4.97. The molecule has 1 aromatic heterocycles. The second kappa shape index (κ2) is 12.4. The highest BCUT2D eigenvalue weighted by atomic mass is 127. The quantitative estimate of drug-likeness (QED) is 0.185. The molecule has 1 N–H and O–H groups in total. The number of guanidine groups is 1. The van der Waals surface area contributed by atoms with Gasteiger partial charge in [-0.2, -0.15) is 0 Å². The molecule has 3 aromatic rings. The lowest BCUT2D eigenvalue weighted by Gasteiger charge is -2.25. The largest absolute Gasteiger partial charge is 0.350 e. The molecule has 2 atom stereocenters. The van der Waals surface area contributed by atoms with Crippen LogP contribution in [0.1, 0.15) is 36.6 Å². The number of thioether (sulfide) groups is 1. The highest BCUT2D eigenvalue weighted by Crippen LogP contribution is 2.26. The number of nitrogens with zero attached hydrogens (tertiary/aromatic N) is 5. The van der Waals surface area contributed by atoms with E-state index in [1.807, 2.05) is 30.3 Å². The van der Waals surface area contributed by atoms with Gasteiger partial charge in [-0.05, 0) is 43.9 Å². The molecule has 0 spiro atoms. The van der Waals surface area contributed by atoms with Crippen molar-refractivity contribution in [2.24, 2.45) is 18.0 Å². The average Bonchev–Trinajstić information content (AvgIpc) is 3.43. The van der Waals surface area contributed by atoms with Crippen molar-refractivity contribution in [2.75, 3.05) is 18.8 Å². The molecule has 0 saturated carbocycles. The molecule has 1 saturated heterocycles. The van der Waals surface area contributed by atoms with Crippen molar-refractivity contribution in [3.8, 4) is 0 Å². The molecule has 4 rings (SSSR count). The first-order valence-electron chi connectivity index (χ1n) is 11.2. The Morgan fingerprint density at radius 3 is 2.48 bits per heavy atom. The molecule has 6 nitrogen and oxygen atoms in total. The van der Waals surface area contributed by atoms with E-state index in [4.69, 9.17) is 4.99 Å². The Balaban J connectivity index is 0.00000306. The molecular formula is C25H33IN6S. The minimum absolute atomic E-state index is 0. The van der Waals surface area contributed by atoms with Crippen LogP contribution in [0.4, 0.5) is 0 Å². The van der Waals surface area contributed by atoms with Crippen molar-refractivity contribution >= 4 is 41.7 Å². The SMILES string of the molecule is Cc1nnc(CN=C(NC(C)c2ccccc2)N2CCC(CSc3ccccc3)C2)n1C.I. The third-order valence-corrected chi connectivity index (χ3v) is 7.26. The Kier molecular flexibility index (Phi) is 9.61. The Morgan fingerprint density at radius 2 is 1.82 bits per heavy atom. The first kappa shape index (κ1) is 25.6. The molecule has 0 radical (unpaired) electrons. The van der Waals surface area contributed by atoms with Crippen LogP contribution in [0.15, 0.2) is 70.6 Å². The smallest absolute Gasteiger partial charge is 0.194 e. The van der Waals surface area contributed by atoms with E-state index in [1.54, 1.807) is 0 Å². The van der Waals surface area contributed by atoms with Crippen LogP contribution in [0.25, 0.3) is 0 Å². The van der Waals surface area contributed by atoms with E-state index >= 15 is 0 Å². The van der Waals surface area contributed by atoms with E-state index in [9.17, 15) is 0 Å². The van der Waals surface area contributed by atoms with E-state index in [0.29, 0.717) is 12.5 Å². The summed E-state index contributed by atoms with van der Waals surface area (Å²) in [6, 6.07) is 21.4. The summed E-state index contributed by atoms with van der Waals surface area (Å²) in [6.45, 7) is 6.71. The number of aryl methyl sites for hydroxylation is 1. The van der Waals surface area contributed by atoms with Gasteiger partial charge in [-0.25, -0.2) is 4.99 Å². The predicted molar refractivity (Wildman–Crippen MR) is 147 cm³/mol. The lowest BCUT2D eigenvalue weighted by Crippen LogP contribution is -2.41. The van der Waals surface area contributed by atoms with E-state index in [-0.39, 0.29) is 30.0 Å². The van der Waals surface area contributed by atoms with Gasteiger partial charge in [0.05, 0.1) is 6.04 Å². The number of likely N-dealkylation sites (tertiary alicyclic amines) is 1. The van der Waals surface area contributed by atoms with E-state index < -0.39 is 0 Å². The number of aromatic nitrogens is 3. The third-order valence-electron chi connectivity index (χ3n) is 6.01. The summed E-state index contributed by atoms with van der Waals surface area (Å²) in [7, 11) is 1.99. The zero-order chi connectivity index (χ0) is 22.3. The number of rotatable bonds is 7. The van der Waals surface area contributed by atoms with Crippen LogP contribution in [0.2, 0.25) is 0 Å². The fraction of sp³-hybridized carbons (Fsp3) is 0.400. The minimum atomic E-state index is 0. The fourth-order valence-electron chi connectivity index (χ4n) is 3.88. The molecule has 33 heavy (non-hydrogen) atoms. The number of hydrogen-bond acceptors (Lipinski definition) is 4. The third kappa shape index (κ3) is 6.96. The summed E-state index contributed by atoms with van der Waals surface area (Å²) >= 11 is 1.95. The zero-order valence-electron chi connectivity index (χ0n) is 19.5. The van der Waals surface area contributed by atoms with E-state index in [0.717, 1.165) is 36.5 Å². The Morgan fingerprint density at radius 1 is 1.12 bits per heavy atom. The zero-order valence-corrected chi connectivity index (χ0v) is 22.7. The van der Waals surface area contributed by atoms with E-state index in [2.05, 4.69) is 88.0 Å². The van der Waals surface area contributed by atoms with Crippen molar-refractivity contribution in [3.05, 3.63) is 77.9 Å². The normalized spacial score (nSPS) is 17.0. The Labute approximate surface area is 218 Å². The van der Waals surface area contributed by atoms with Gasteiger partial charge in [0.15, 0.2) is 11.8 Å². The fourth-order valence-corrected chi connectivity index (χ4v) is 4.93. The minimum Gasteiger partial charge on any atom is -0.350 e. The molecule has 176 valence electrons. The first-order valence-corrected chi connectivity index (χ1v) is 12.2. The molecule has 1 aliphatic heterocycles. The van der Waals surface area contributed by atoms with Gasteiger partial charge in [-0.3, -0.25) is 0 Å². The van der Waals surface area contributed by atoms with Gasteiger partial charge in [0.1, 0.15) is 12.4 Å². The average molecular weight is 577 g/mol. The number of benzene rings is 2. The van der Waals surface area contributed by atoms with Crippen molar-refractivity contribution in [3.63, 3.8) is 0 Å². The molecule has 1 fully saturated rings. The van der Waals surface area contributed by atoms with E-state index in [1.165, 1.54) is 16.9 Å². The van der Waals surface area contributed by atoms with Gasteiger partial charge in [0.25, 0.3) is 0 Å². The van der Waals surface area contributed by atoms with Crippen LogP contribution in [0, 0.1) is 12.8 Å². The van der Waals surface area contributed by atoms with Gasteiger partial charge in [-0.15, -0.1) is 45.9 Å². The standard InChI is InChI=1S/C25H32N6S.HI/c1-19(22-10-6-4-7-11-22)27-25(26-16-24-29-28-20(2)30(24)3)31-15-14-21(17-31)18-32-23-12-8-5-9-13-23;/h4-13,19,21H,14-18H2,1-3H3,(H,26,27);1H. The number of nitrogens with one attached hydrogen (secondary N) is 1. The second-order valence-corrected chi connectivity index (χ2v) is 9.46. The Bertz CT molecular complexity index is 1020. The lowest BCUT2D eigenvalue weighted by molar-refractivity contribution is 0.461. The van der Waals surface area contributed by atoms with Crippen molar-refractivity contribution < 1.29 is 0 Å². The number of aliphatic imine (C=N–C) groups is 1. The maximum Gasteiger partial charge on any atom is 0.194 e. The van der Waals surface area contributed by atoms with Crippen LogP contribution in [0.3, 0.4) is 0 Å². The van der Waals surface area contributed by atoms with Crippen molar-refractivity contribution in [2.45, 2.75) is 37.8 Å². The monoisotopic (exact) mass is 576 g/mol. The van der Waals surface area contributed by atoms with Crippen molar-refractivity contribution in [1.29, 1.82) is 0 Å². The number of halogens is 1. The lowest BCUT2D eigenvalue weighted by atomic mass is 10.1. The van der Waals surface area contributed by atoms with Gasteiger partial charge in [-0.1, -0.05) is 48.5 Å². The molecule has 8 heteroatoms. The molecule has 2 aromatic carbocycles. The predicted octanol–water partition coefficient (Wildman–Crippen LogP) is 5.06. The molecular weight excluding hydrogens is 543 g/mol. The summed E-state index contributed by atoms with van der Waals surface area (Å²) in [5.74, 6) is 4.52. The topological polar surface area (TPSA) is 58.3 Å². The Hall–Kier alpha value is -2.07. The van der Waals surface area contributed by atoms with Gasteiger partial charge >= 0.3 is 0 Å². The molecule has 2 unspecified atom stereocenters. The highest BCUT2D eigenvalue weighted by Gasteiger charge is 2.26. The van der Waals surface area contributed by atoms with Crippen LogP contribution in [-0.4, -0.2) is 44.5 Å².